The van der Waals surface area contributed by atoms with Crippen molar-refractivity contribution in [2.75, 3.05) is 0 Å². The molecule has 1 saturated heterocycles. The van der Waals surface area contributed by atoms with E-state index in [4.69, 9.17) is 20.8 Å². The first-order valence-corrected chi connectivity index (χ1v) is 10.6. The molecule has 0 aromatic heterocycles. The first kappa shape index (κ1) is 19.1. The first-order chi connectivity index (χ1) is 9.61. The van der Waals surface area contributed by atoms with E-state index in [1.165, 1.54) is 0 Å². The largest absolute Gasteiger partial charge is 0.410 e. The van der Waals surface area contributed by atoms with Gasteiger partial charge in [-0.25, -0.2) is 0 Å². The Morgan fingerprint density at radius 2 is 1.67 bits per heavy atom. The van der Waals surface area contributed by atoms with Crippen LogP contribution in [0.15, 0.2) is 0 Å². The highest BCUT2D eigenvalue weighted by Crippen LogP contribution is 2.44. The fourth-order valence-corrected chi connectivity index (χ4v) is 9.82. The molecule has 0 N–H and O–H groups in total. The lowest BCUT2D eigenvalue weighted by Crippen LogP contribution is -2.51. The zero-order chi connectivity index (χ0) is 16.4. The third kappa shape index (κ3) is 4.31. The van der Waals surface area contributed by atoms with Crippen molar-refractivity contribution in [3.8, 4) is 0 Å². The van der Waals surface area contributed by atoms with Crippen molar-refractivity contribution in [2.45, 2.75) is 96.2 Å². The van der Waals surface area contributed by atoms with Gasteiger partial charge in [-0.2, -0.15) is 0 Å². The number of halogens is 1. The summed E-state index contributed by atoms with van der Waals surface area (Å²) >= 11 is 5.49. The predicted octanol–water partition coefficient (Wildman–Crippen LogP) is 4.88. The Balaban J connectivity index is 2.87. The van der Waals surface area contributed by atoms with Crippen LogP contribution in [0.3, 0.4) is 0 Å². The van der Waals surface area contributed by atoms with E-state index in [1.54, 1.807) is 0 Å². The van der Waals surface area contributed by atoms with Gasteiger partial charge in [0.1, 0.15) is 0 Å². The van der Waals surface area contributed by atoms with Crippen LogP contribution in [0.1, 0.15) is 61.3 Å². The molecule has 3 nitrogen and oxygen atoms in total. The summed E-state index contributed by atoms with van der Waals surface area (Å²) < 4.78 is 12.6. The van der Waals surface area contributed by atoms with Gasteiger partial charge in [0.15, 0.2) is 0 Å². The van der Waals surface area contributed by atoms with E-state index in [9.17, 15) is 4.79 Å². The Labute approximate surface area is 135 Å². The fourth-order valence-electron chi connectivity index (χ4n) is 4.02. The van der Waals surface area contributed by atoms with Crippen LogP contribution in [-0.4, -0.2) is 31.9 Å². The van der Waals surface area contributed by atoms with E-state index >= 15 is 0 Å². The molecule has 1 aliphatic heterocycles. The number of hydrogen-bond acceptors (Lipinski definition) is 3. The van der Waals surface area contributed by atoms with Crippen LogP contribution in [0.25, 0.3) is 0 Å². The van der Waals surface area contributed by atoms with E-state index in [2.05, 4.69) is 41.5 Å². The topological polar surface area (TPSA) is 35.5 Å². The second-order valence-electron chi connectivity index (χ2n) is 7.23. The minimum atomic E-state index is -1.90. The maximum absolute atomic E-state index is 11.1. The predicted molar refractivity (Wildman–Crippen MR) is 90.4 cm³/mol. The summed E-state index contributed by atoms with van der Waals surface area (Å²) in [6, 6.07) is 0. The van der Waals surface area contributed by atoms with Crippen LogP contribution < -0.4 is 0 Å². The fraction of sp³-hybridized carbons (Fsp3) is 0.938. The number of hydrogen-bond donors (Lipinski definition) is 0. The van der Waals surface area contributed by atoms with Crippen LogP contribution in [-0.2, 0) is 14.0 Å². The Morgan fingerprint density at radius 1 is 1.19 bits per heavy atom. The highest BCUT2D eigenvalue weighted by molar-refractivity contribution is 6.77. The van der Waals surface area contributed by atoms with Crippen LogP contribution in [0.4, 0.5) is 0 Å². The van der Waals surface area contributed by atoms with E-state index in [0.29, 0.717) is 16.6 Å². The molecule has 1 aliphatic rings. The van der Waals surface area contributed by atoms with Crippen molar-refractivity contribution in [2.24, 2.45) is 0 Å². The summed E-state index contributed by atoms with van der Waals surface area (Å²) in [5, 5.41) is -0.326. The molecule has 0 unspecified atom stereocenters. The second-order valence-corrected chi connectivity index (χ2v) is 13.1. The van der Waals surface area contributed by atoms with Crippen molar-refractivity contribution >= 4 is 25.2 Å². The molecule has 0 bridgehead atoms. The second kappa shape index (κ2) is 7.58. The molecule has 1 fully saturated rings. The minimum Gasteiger partial charge on any atom is -0.410 e. The summed E-state index contributed by atoms with van der Waals surface area (Å²) in [4.78, 5) is 11.1. The van der Waals surface area contributed by atoms with Gasteiger partial charge in [0, 0.05) is 12.8 Å². The van der Waals surface area contributed by atoms with E-state index in [1.807, 2.05) is 6.92 Å². The molecule has 0 aliphatic carbocycles. The zero-order valence-corrected chi connectivity index (χ0v) is 16.2. The molecule has 0 saturated carbocycles. The van der Waals surface area contributed by atoms with Crippen molar-refractivity contribution in [3.05, 3.63) is 0 Å². The maximum Gasteiger partial charge on any atom is 0.224 e. The minimum absolute atomic E-state index is 0.0362. The Kier molecular flexibility index (Phi) is 6.91. The lowest BCUT2D eigenvalue weighted by atomic mass is 10.1. The first-order valence-electron chi connectivity index (χ1n) is 8.12. The van der Waals surface area contributed by atoms with Gasteiger partial charge >= 0.3 is 0 Å². The molecular weight excluding hydrogens is 304 g/mol. The summed E-state index contributed by atoms with van der Waals surface area (Å²) in [5.74, 6) is 0. The SMILES string of the molecule is CC(C)[Si](O[C@H]1C[C@H](CC(=O)Cl)O[C@@H]1C)(C(C)C)C(C)C. The van der Waals surface area contributed by atoms with Gasteiger partial charge in [-0.1, -0.05) is 41.5 Å². The molecule has 1 heterocycles. The van der Waals surface area contributed by atoms with Gasteiger partial charge in [0.2, 0.25) is 13.6 Å². The quantitative estimate of drug-likeness (QED) is 0.491. The molecule has 0 radical (unpaired) electrons. The average Bonchev–Trinajstić information content (AvgIpc) is 2.63. The van der Waals surface area contributed by atoms with Crippen molar-refractivity contribution in [1.29, 1.82) is 0 Å². The van der Waals surface area contributed by atoms with Crippen molar-refractivity contribution < 1.29 is 14.0 Å². The molecule has 0 spiro atoms. The van der Waals surface area contributed by atoms with Crippen LogP contribution in [0.5, 0.6) is 0 Å². The number of rotatable bonds is 7. The Morgan fingerprint density at radius 3 is 2.05 bits per heavy atom. The van der Waals surface area contributed by atoms with E-state index < -0.39 is 8.32 Å². The van der Waals surface area contributed by atoms with Crippen molar-refractivity contribution in [3.63, 3.8) is 0 Å². The molecule has 0 aromatic rings. The van der Waals surface area contributed by atoms with Crippen molar-refractivity contribution in [1.82, 2.24) is 0 Å². The van der Waals surface area contributed by atoms with Gasteiger partial charge in [-0.05, 0) is 35.1 Å². The summed E-state index contributed by atoms with van der Waals surface area (Å²) in [5.41, 5.74) is 1.66. The lowest BCUT2D eigenvalue weighted by molar-refractivity contribution is -0.114. The third-order valence-electron chi connectivity index (χ3n) is 4.88. The highest BCUT2D eigenvalue weighted by atomic mass is 35.5. The average molecular weight is 335 g/mol. The lowest BCUT2D eigenvalue weighted by Gasteiger charge is -2.44. The molecule has 3 atom stereocenters. The monoisotopic (exact) mass is 334 g/mol. The Bertz CT molecular complexity index is 336. The number of carbonyl (C=O) groups is 1. The molecular formula is C16H31ClO3Si. The molecule has 0 amide bonds. The standard InChI is InChI=1S/C16H31ClO3Si/c1-10(2)21(11(3)4,12(5)6)20-15-8-14(9-16(17)18)19-13(15)7/h10-15H,8-9H2,1-7H3/t13-,14-,15+/m1/s1. The summed E-state index contributed by atoms with van der Waals surface area (Å²) in [6.07, 6.45) is 1.10. The molecule has 0 aromatic carbocycles. The zero-order valence-electron chi connectivity index (χ0n) is 14.5. The Hall–Kier alpha value is 0.0969. The van der Waals surface area contributed by atoms with E-state index in [0.717, 1.165) is 6.42 Å². The summed E-state index contributed by atoms with van der Waals surface area (Å²) in [7, 11) is -1.90. The normalized spacial score (nSPS) is 27.1. The van der Waals surface area contributed by atoms with Gasteiger partial charge in [-0.15, -0.1) is 0 Å². The molecule has 5 heteroatoms. The van der Waals surface area contributed by atoms with Crippen LogP contribution in [0, 0.1) is 0 Å². The molecule has 1 rings (SSSR count). The van der Waals surface area contributed by atoms with Gasteiger partial charge in [0.05, 0.1) is 18.3 Å². The van der Waals surface area contributed by atoms with Gasteiger partial charge < -0.3 is 9.16 Å². The van der Waals surface area contributed by atoms with Crippen LogP contribution in [0.2, 0.25) is 16.6 Å². The number of ether oxygens (including phenoxy) is 1. The molecule has 21 heavy (non-hydrogen) atoms. The van der Waals surface area contributed by atoms with Gasteiger partial charge in [-0.3, -0.25) is 4.79 Å². The maximum atomic E-state index is 11.1. The summed E-state index contributed by atoms with van der Waals surface area (Å²) in [6.45, 7) is 15.8. The van der Waals surface area contributed by atoms with Gasteiger partial charge in [0.25, 0.3) is 0 Å². The highest BCUT2D eigenvalue weighted by Gasteiger charge is 2.49. The smallest absolute Gasteiger partial charge is 0.224 e. The third-order valence-corrected chi connectivity index (χ3v) is 11.2. The molecule has 124 valence electrons. The number of carbonyl (C=O) groups excluding carboxylic acids is 1. The van der Waals surface area contributed by atoms with E-state index in [-0.39, 0.29) is 30.0 Å². The van der Waals surface area contributed by atoms with Crippen LogP contribution >= 0.6 is 11.6 Å².